The van der Waals surface area contributed by atoms with Crippen LogP contribution < -0.4 is 5.73 Å². The van der Waals surface area contributed by atoms with E-state index in [4.69, 9.17) is 5.73 Å². The summed E-state index contributed by atoms with van der Waals surface area (Å²) < 4.78 is 0. The topological polar surface area (TPSA) is 49.6 Å². The minimum atomic E-state index is -0.174. The number of hydrogen-bond donors (Lipinski definition) is 1. The molecule has 2 N–H and O–H groups in total. The van der Waals surface area contributed by atoms with Gasteiger partial charge in [0.2, 0.25) is 5.91 Å². The van der Waals surface area contributed by atoms with E-state index in [2.05, 4.69) is 18.7 Å². The lowest BCUT2D eigenvalue weighted by atomic mass is 9.75. The zero-order chi connectivity index (χ0) is 12.5. The van der Waals surface area contributed by atoms with E-state index in [0.29, 0.717) is 12.5 Å². The van der Waals surface area contributed by atoms with Crippen molar-refractivity contribution in [3.05, 3.63) is 0 Å². The van der Waals surface area contributed by atoms with Crippen molar-refractivity contribution in [2.45, 2.75) is 51.1 Å². The molecule has 1 heterocycles. The van der Waals surface area contributed by atoms with Crippen LogP contribution in [0.15, 0.2) is 0 Å². The first-order valence-electron chi connectivity index (χ1n) is 6.81. The fraction of sp³-hybridized carbons (Fsp3) is 0.923. The molecule has 1 saturated carbocycles. The third kappa shape index (κ3) is 4.78. The molecule has 1 aliphatic heterocycles. The Hall–Kier alpha value is -0.0300. The van der Waals surface area contributed by atoms with Gasteiger partial charge in [0, 0.05) is 44.2 Å². The van der Waals surface area contributed by atoms with Crippen molar-refractivity contribution in [1.82, 2.24) is 9.80 Å². The molecule has 0 aromatic carbocycles. The first-order chi connectivity index (χ1) is 8.00. The Labute approximate surface area is 128 Å². The molecule has 4 nitrogen and oxygen atoms in total. The molecule has 19 heavy (non-hydrogen) atoms. The van der Waals surface area contributed by atoms with Crippen molar-refractivity contribution < 1.29 is 4.79 Å². The Bertz CT molecular complexity index is 288. The Morgan fingerprint density at radius 3 is 2.05 bits per heavy atom. The van der Waals surface area contributed by atoms with Gasteiger partial charge in [-0.15, -0.1) is 24.8 Å². The summed E-state index contributed by atoms with van der Waals surface area (Å²) in [4.78, 5) is 16.5. The first kappa shape index (κ1) is 19.0. The van der Waals surface area contributed by atoms with Gasteiger partial charge in [-0.25, -0.2) is 0 Å². The number of nitrogens with two attached hydrogens (primary N) is 1. The summed E-state index contributed by atoms with van der Waals surface area (Å²) in [5.41, 5.74) is 5.95. The third-order valence-electron chi connectivity index (χ3n) is 4.25. The van der Waals surface area contributed by atoms with E-state index in [1.165, 1.54) is 6.42 Å². The maximum atomic E-state index is 12.1. The van der Waals surface area contributed by atoms with Crippen LogP contribution in [0.5, 0.6) is 0 Å². The highest BCUT2D eigenvalue weighted by atomic mass is 35.5. The molecule has 114 valence electrons. The monoisotopic (exact) mass is 311 g/mol. The number of piperazine rings is 1. The number of rotatable bonds is 3. The Kier molecular flexibility index (Phi) is 7.66. The van der Waals surface area contributed by atoms with Crippen LogP contribution >= 0.6 is 24.8 Å². The van der Waals surface area contributed by atoms with Gasteiger partial charge in [-0.05, 0) is 33.1 Å². The molecule has 2 rings (SSSR count). The van der Waals surface area contributed by atoms with E-state index in [9.17, 15) is 4.79 Å². The molecule has 0 radical (unpaired) electrons. The van der Waals surface area contributed by atoms with Gasteiger partial charge in [0.15, 0.2) is 0 Å². The van der Waals surface area contributed by atoms with Crippen molar-refractivity contribution in [3.8, 4) is 0 Å². The van der Waals surface area contributed by atoms with Gasteiger partial charge in [-0.1, -0.05) is 0 Å². The molecular formula is C13H27Cl2N3O. The van der Waals surface area contributed by atoms with Crippen molar-refractivity contribution in [2.24, 2.45) is 5.73 Å². The number of nitrogens with zero attached hydrogens (tertiary/aromatic N) is 2. The molecule has 2 fully saturated rings. The number of carbonyl (C=O) groups excluding carboxylic acids is 1. The van der Waals surface area contributed by atoms with Crippen LogP contribution in [0.1, 0.15) is 39.5 Å². The van der Waals surface area contributed by atoms with Crippen LogP contribution in [0.25, 0.3) is 0 Å². The molecule has 1 aliphatic carbocycles. The number of halogens is 2. The first-order valence-corrected chi connectivity index (χ1v) is 6.81. The molecule has 0 spiro atoms. The highest BCUT2D eigenvalue weighted by Gasteiger charge is 2.36. The standard InChI is InChI=1S/C13H25N3O.2ClH/c1-11(2)15-6-8-16(9-7-15)12(17)10-13(14)4-3-5-13;;/h11H,3-10,14H2,1-2H3;2*1H. The van der Waals surface area contributed by atoms with Crippen LogP contribution in [0, 0.1) is 0 Å². The highest BCUT2D eigenvalue weighted by Crippen LogP contribution is 2.32. The van der Waals surface area contributed by atoms with Gasteiger partial charge in [-0.2, -0.15) is 0 Å². The lowest BCUT2D eigenvalue weighted by molar-refractivity contribution is -0.135. The molecule has 2 aliphatic rings. The third-order valence-corrected chi connectivity index (χ3v) is 4.25. The lowest BCUT2D eigenvalue weighted by Gasteiger charge is -2.41. The summed E-state index contributed by atoms with van der Waals surface area (Å²) in [6.45, 7) is 8.16. The average molecular weight is 312 g/mol. The smallest absolute Gasteiger partial charge is 0.224 e. The zero-order valence-electron chi connectivity index (χ0n) is 11.9. The summed E-state index contributed by atoms with van der Waals surface area (Å²) >= 11 is 0. The fourth-order valence-corrected chi connectivity index (χ4v) is 2.71. The lowest BCUT2D eigenvalue weighted by Crippen LogP contribution is -2.54. The summed E-state index contributed by atoms with van der Waals surface area (Å²) in [5.74, 6) is 0.260. The van der Waals surface area contributed by atoms with E-state index in [-0.39, 0.29) is 36.3 Å². The van der Waals surface area contributed by atoms with Crippen LogP contribution in [0.3, 0.4) is 0 Å². The highest BCUT2D eigenvalue weighted by molar-refractivity contribution is 5.85. The SMILES string of the molecule is CC(C)N1CCN(C(=O)CC2(N)CCC2)CC1.Cl.Cl. The van der Waals surface area contributed by atoms with Gasteiger partial charge >= 0.3 is 0 Å². The van der Waals surface area contributed by atoms with E-state index in [1.807, 2.05) is 4.90 Å². The Morgan fingerprint density at radius 2 is 1.68 bits per heavy atom. The van der Waals surface area contributed by atoms with E-state index >= 15 is 0 Å². The van der Waals surface area contributed by atoms with Crippen molar-refractivity contribution >= 4 is 30.7 Å². The van der Waals surface area contributed by atoms with Gasteiger partial charge in [0.25, 0.3) is 0 Å². The van der Waals surface area contributed by atoms with Crippen LogP contribution in [-0.2, 0) is 4.79 Å². The molecule has 0 aromatic heterocycles. The summed E-state index contributed by atoms with van der Waals surface area (Å²) in [6.07, 6.45) is 3.77. The number of amides is 1. The van der Waals surface area contributed by atoms with E-state index < -0.39 is 0 Å². The Balaban J connectivity index is 0.00000162. The number of carbonyl (C=O) groups is 1. The van der Waals surface area contributed by atoms with Gasteiger partial charge < -0.3 is 10.6 Å². The molecule has 0 unspecified atom stereocenters. The van der Waals surface area contributed by atoms with E-state index in [0.717, 1.165) is 39.0 Å². The second-order valence-corrected chi connectivity index (χ2v) is 5.90. The largest absolute Gasteiger partial charge is 0.340 e. The molecule has 1 amide bonds. The van der Waals surface area contributed by atoms with Crippen LogP contribution in [0.4, 0.5) is 0 Å². The molecule has 0 atom stereocenters. The predicted octanol–water partition coefficient (Wildman–Crippen LogP) is 1.65. The van der Waals surface area contributed by atoms with Gasteiger partial charge in [-0.3, -0.25) is 9.69 Å². The van der Waals surface area contributed by atoms with Crippen LogP contribution in [0.2, 0.25) is 0 Å². The van der Waals surface area contributed by atoms with Crippen molar-refractivity contribution in [1.29, 1.82) is 0 Å². The normalized spacial score (nSPS) is 22.2. The molecule has 1 saturated heterocycles. The maximum absolute atomic E-state index is 12.1. The van der Waals surface area contributed by atoms with Crippen molar-refractivity contribution in [3.63, 3.8) is 0 Å². The quantitative estimate of drug-likeness (QED) is 0.862. The van der Waals surface area contributed by atoms with Gasteiger partial charge in [0.1, 0.15) is 0 Å². The average Bonchev–Trinajstić information content (AvgIpc) is 2.27. The second-order valence-electron chi connectivity index (χ2n) is 5.90. The molecule has 0 bridgehead atoms. The number of hydrogen-bond acceptors (Lipinski definition) is 3. The van der Waals surface area contributed by atoms with Gasteiger partial charge in [0.05, 0.1) is 0 Å². The summed E-state index contributed by atoms with van der Waals surface area (Å²) in [5, 5.41) is 0. The minimum Gasteiger partial charge on any atom is -0.340 e. The van der Waals surface area contributed by atoms with Crippen molar-refractivity contribution in [2.75, 3.05) is 26.2 Å². The summed E-state index contributed by atoms with van der Waals surface area (Å²) in [7, 11) is 0. The predicted molar refractivity (Wildman–Crippen MR) is 83.2 cm³/mol. The molecule has 6 heteroatoms. The molecule has 0 aromatic rings. The van der Waals surface area contributed by atoms with E-state index in [1.54, 1.807) is 0 Å². The summed E-state index contributed by atoms with van der Waals surface area (Å²) in [6, 6.07) is 0.583. The Morgan fingerprint density at radius 1 is 1.16 bits per heavy atom. The van der Waals surface area contributed by atoms with Crippen LogP contribution in [-0.4, -0.2) is 53.5 Å². The second kappa shape index (κ2) is 7.67. The zero-order valence-corrected chi connectivity index (χ0v) is 13.6. The minimum absolute atomic E-state index is 0. The fourth-order valence-electron chi connectivity index (χ4n) is 2.71. The molecular weight excluding hydrogens is 285 g/mol. The maximum Gasteiger partial charge on any atom is 0.224 e.